The van der Waals surface area contributed by atoms with E-state index in [9.17, 15) is 0 Å². The largest absolute Gasteiger partial charge is 0.368 e. The molecule has 1 aliphatic rings. The summed E-state index contributed by atoms with van der Waals surface area (Å²) in [5.74, 6) is 0.876. The molecule has 1 fully saturated rings. The summed E-state index contributed by atoms with van der Waals surface area (Å²) in [5, 5.41) is 11.3. The molecule has 0 amide bonds. The van der Waals surface area contributed by atoms with E-state index in [1.165, 1.54) is 11.3 Å². The van der Waals surface area contributed by atoms with Gasteiger partial charge in [0.2, 0.25) is 0 Å². The number of rotatable bonds is 6. The van der Waals surface area contributed by atoms with E-state index in [4.69, 9.17) is 0 Å². The topological polar surface area (TPSA) is 57.5 Å². The van der Waals surface area contributed by atoms with E-state index in [0.717, 1.165) is 49.5 Å². The summed E-state index contributed by atoms with van der Waals surface area (Å²) < 4.78 is 3.14. The molecule has 1 aliphatic heterocycles. The van der Waals surface area contributed by atoms with E-state index in [1.807, 2.05) is 17.9 Å². The van der Waals surface area contributed by atoms with Crippen molar-refractivity contribution in [2.45, 2.75) is 32.4 Å². The number of aliphatic imine (C=N–C) groups is 1. The Balaban J connectivity index is 1.42. The smallest absolute Gasteiger partial charge is 0.191 e. The molecule has 2 aromatic rings. The maximum Gasteiger partial charge on any atom is 0.191 e. The zero-order chi connectivity index (χ0) is 18.4. The molecule has 0 radical (unpaired) electrons. The van der Waals surface area contributed by atoms with Gasteiger partial charge in [-0.3, -0.25) is 9.67 Å². The van der Waals surface area contributed by atoms with Crippen molar-refractivity contribution in [3.63, 3.8) is 0 Å². The molecule has 7 heteroatoms. The standard InChI is InChI=1S/C19H27BrN6/c1-15-12-23-26(13-15)10-5-9-22-19(21-2)24-16-8-11-25(14-16)18-7-4-3-6-17(18)20/h3-4,6-7,12-13,16H,5,8-11,14H2,1-2H3,(H2,21,22,24). The van der Waals surface area contributed by atoms with Gasteiger partial charge in [-0.25, -0.2) is 0 Å². The van der Waals surface area contributed by atoms with Crippen LogP contribution in [-0.2, 0) is 6.54 Å². The Kier molecular flexibility index (Phi) is 6.55. The van der Waals surface area contributed by atoms with E-state index < -0.39 is 0 Å². The predicted octanol–water partition coefficient (Wildman–Crippen LogP) is 2.79. The van der Waals surface area contributed by atoms with Gasteiger partial charge in [-0.15, -0.1) is 0 Å². The van der Waals surface area contributed by atoms with Gasteiger partial charge in [0.1, 0.15) is 0 Å². The first kappa shape index (κ1) is 18.8. The quantitative estimate of drug-likeness (QED) is 0.430. The van der Waals surface area contributed by atoms with E-state index in [2.05, 4.69) is 78.9 Å². The molecule has 0 aliphatic carbocycles. The number of hydrogen-bond acceptors (Lipinski definition) is 3. The van der Waals surface area contributed by atoms with Crippen LogP contribution < -0.4 is 15.5 Å². The molecule has 1 unspecified atom stereocenters. The molecule has 2 N–H and O–H groups in total. The third-order valence-electron chi connectivity index (χ3n) is 4.56. The fourth-order valence-electron chi connectivity index (χ4n) is 3.23. The number of nitrogens with one attached hydrogen (secondary N) is 2. The van der Waals surface area contributed by atoms with Gasteiger partial charge in [-0.1, -0.05) is 12.1 Å². The minimum absolute atomic E-state index is 0.405. The van der Waals surface area contributed by atoms with Gasteiger partial charge < -0.3 is 15.5 Å². The van der Waals surface area contributed by atoms with E-state index >= 15 is 0 Å². The van der Waals surface area contributed by atoms with Gasteiger partial charge in [-0.2, -0.15) is 5.10 Å². The van der Waals surface area contributed by atoms with Crippen molar-refractivity contribution in [1.82, 2.24) is 20.4 Å². The number of guanidine groups is 1. The number of anilines is 1. The third kappa shape index (κ3) is 5.00. The highest BCUT2D eigenvalue weighted by atomic mass is 79.9. The summed E-state index contributed by atoms with van der Waals surface area (Å²) in [6.07, 6.45) is 6.08. The average molecular weight is 419 g/mol. The summed E-state index contributed by atoms with van der Waals surface area (Å²) in [4.78, 5) is 6.77. The van der Waals surface area contributed by atoms with Crippen molar-refractivity contribution >= 4 is 27.6 Å². The van der Waals surface area contributed by atoms with Gasteiger partial charge in [0.25, 0.3) is 0 Å². The summed E-state index contributed by atoms with van der Waals surface area (Å²) in [7, 11) is 1.83. The molecule has 26 heavy (non-hydrogen) atoms. The summed E-state index contributed by atoms with van der Waals surface area (Å²) in [6.45, 7) is 5.88. The number of para-hydroxylation sites is 1. The third-order valence-corrected chi connectivity index (χ3v) is 5.24. The van der Waals surface area contributed by atoms with Crippen LogP contribution in [0.2, 0.25) is 0 Å². The Hall–Kier alpha value is -2.02. The van der Waals surface area contributed by atoms with Crippen LogP contribution in [0.15, 0.2) is 46.1 Å². The minimum atomic E-state index is 0.405. The van der Waals surface area contributed by atoms with E-state index in [0.29, 0.717) is 6.04 Å². The van der Waals surface area contributed by atoms with Crippen molar-refractivity contribution in [3.8, 4) is 0 Å². The zero-order valence-electron chi connectivity index (χ0n) is 15.5. The Bertz CT molecular complexity index is 741. The Morgan fingerprint density at radius 3 is 2.96 bits per heavy atom. The van der Waals surface area contributed by atoms with Crippen LogP contribution in [0.4, 0.5) is 5.69 Å². The first-order valence-corrected chi connectivity index (χ1v) is 9.90. The summed E-state index contributed by atoms with van der Waals surface area (Å²) >= 11 is 3.65. The van der Waals surface area contributed by atoms with Gasteiger partial charge in [0.05, 0.1) is 11.9 Å². The number of aryl methyl sites for hydroxylation is 2. The van der Waals surface area contributed by atoms with Gasteiger partial charge >= 0.3 is 0 Å². The molecule has 2 heterocycles. The normalized spacial score (nSPS) is 17.6. The van der Waals surface area contributed by atoms with Crippen molar-refractivity contribution in [2.24, 2.45) is 4.99 Å². The lowest BCUT2D eigenvalue weighted by Crippen LogP contribution is -2.45. The number of nitrogens with zero attached hydrogens (tertiary/aromatic N) is 4. The van der Waals surface area contributed by atoms with Crippen molar-refractivity contribution in [3.05, 3.63) is 46.7 Å². The lowest BCUT2D eigenvalue weighted by molar-refractivity contribution is 0.565. The molecule has 1 atom stereocenters. The van der Waals surface area contributed by atoms with E-state index in [-0.39, 0.29) is 0 Å². The fraction of sp³-hybridized carbons (Fsp3) is 0.474. The summed E-state index contributed by atoms with van der Waals surface area (Å²) in [6, 6.07) is 8.80. The average Bonchev–Trinajstić information content (AvgIpc) is 3.27. The molecule has 1 saturated heterocycles. The maximum atomic E-state index is 4.36. The second-order valence-corrected chi connectivity index (χ2v) is 7.52. The van der Waals surface area contributed by atoms with Crippen LogP contribution >= 0.6 is 15.9 Å². The lowest BCUT2D eigenvalue weighted by atomic mass is 10.2. The minimum Gasteiger partial charge on any atom is -0.368 e. The first-order chi connectivity index (χ1) is 12.7. The molecule has 140 valence electrons. The molecular weight excluding hydrogens is 392 g/mol. The zero-order valence-corrected chi connectivity index (χ0v) is 17.0. The van der Waals surface area contributed by atoms with Crippen LogP contribution in [0.1, 0.15) is 18.4 Å². The molecule has 0 bridgehead atoms. The van der Waals surface area contributed by atoms with Crippen molar-refractivity contribution in [1.29, 1.82) is 0 Å². The highest BCUT2D eigenvalue weighted by Crippen LogP contribution is 2.28. The van der Waals surface area contributed by atoms with Crippen molar-refractivity contribution in [2.75, 3.05) is 31.6 Å². The Labute approximate surface area is 163 Å². The molecule has 6 nitrogen and oxygen atoms in total. The van der Waals surface area contributed by atoms with Crippen LogP contribution in [0, 0.1) is 6.92 Å². The number of aromatic nitrogens is 2. The maximum absolute atomic E-state index is 4.36. The second-order valence-electron chi connectivity index (χ2n) is 6.66. The molecule has 0 saturated carbocycles. The molecular formula is C19H27BrN6. The monoisotopic (exact) mass is 418 g/mol. The molecule has 3 rings (SSSR count). The van der Waals surface area contributed by atoms with Crippen LogP contribution in [0.5, 0.6) is 0 Å². The second kappa shape index (κ2) is 9.07. The Morgan fingerprint density at radius 1 is 1.38 bits per heavy atom. The molecule has 1 aromatic heterocycles. The molecule has 0 spiro atoms. The van der Waals surface area contributed by atoms with Crippen LogP contribution in [0.3, 0.4) is 0 Å². The number of benzene rings is 1. The SMILES string of the molecule is CN=C(NCCCn1cc(C)cn1)NC1CCN(c2ccccc2Br)C1. The van der Waals surface area contributed by atoms with Gasteiger partial charge in [-0.05, 0) is 53.4 Å². The highest BCUT2D eigenvalue weighted by Gasteiger charge is 2.24. The van der Waals surface area contributed by atoms with Gasteiger partial charge in [0, 0.05) is 49.9 Å². The number of halogens is 1. The molecule has 1 aromatic carbocycles. The Morgan fingerprint density at radius 2 is 2.23 bits per heavy atom. The number of hydrogen-bond donors (Lipinski definition) is 2. The first-order valence-electron chi connectivity index (χ1n) is 9.11. The highest BCUT2D eigenvalue weighted by molar-refractivity contribution is 9.10. The van der Waals surface area contributed by atoms with Crippen LogP contribution in [0.25, 0.3) is 0 Å². The summed E-state index contributed by atoms with van der Waals surface area (Å²) in [5.41, 5.74) is 2.46. The lowest BCUT2D eigenvalue weighted by Gasteiger charge is -2.21. The predicted molar refractivity (Wildman–Crippen MR) is 111 cm³/mol. The van der Waals surface area contributed by atoms with Gasteiger partial charge in [0.15, 0.2) is 5.96 Å². The van der Waals surface area contributed by atoms with Crippen molar-refractivity contribution < 1.29 is 0 Å². The van der Waals surface area contributed by atoms with E-state index in [1.54, 1.807) is 0 Å². The van der Waals surface area contributed by atoms with Crippen LogP contribution in [-0.4, -0.2) is 48.5 Å². The fourth-order valence-corrected chi connectivity index (χ4v) is 3.77.